The predicted octanol–water partition coefficient (Wildman–Crippen LogP) is -1.87. The molecule has 0 saturated carbocycles. The minimum Gasteiger partial charge on any atom is -1.00 e. The normalized spacial score (nSPS) is 10.5. The summed E-state index contributed by atoms with van der Waals surface area (Å²) in [6, 6.07) is 36.1. The molecule has 218 valence electrons. The first-order chi connectivity index (χ1) is 18.1. The van der Waals surface area contributed by atoms with Gasteiger partial charge in [0.25, 0.3) is 0 Å². The maximum absolute atomic E-state index is 2.46. The molecule has 0 unspecified atom stereocenters. The van der Waals surface area contributed by atoms with Gasteiger partial charge in [-0.05, 0) is 55.2 Å². The van der Waals surface area contributed by atoms with Gasteiger partial charge in [0, 0.05) is 0 Å². The average Bonchev–Trinajstić information content (AvgIpc) is 3.38. The van der Waals surface area contributed by atoms with Crippen LogP contribution in [0.15, 0.2) is 91.0 Å². The van der Waals surface area contributed by atoms with Gasteiger partial charge < -0.3 is 37.2 Å². The van der Waals surface area contributed by atoms with Gasteiger partial charge in [-0.15, -0.1) is 5.19 Å². The number of unbranched alkanes of at least 4 members (excludes halogenated alkanes) is 3. The summed E-state index contributed by atoms with van der Waals surface area (Å²) in [6.07, 6.45) is 11.0. The summed E-state index contributed by atoms with van der Waals surface area (Å²) < 4.78 is 0. The number of hydrogen-bond donors (Lipinski definition) is 0. The molecule has 0 aliphatic carbocycles. The van der Waals surface area contributed by atoms with Gasteiger partial charge in [-0.1, -0.05) is 135 Å². The largest absolute Gasteiger partial charge is 4.00 e. The van der Waals surface area contributed by atoms with Crippen LogP contribution in [0, 0.1) is 6.92 Å². The molecule has 0 amide bonds. The van der Waals surface area contributed by atoms with Crippen molar-refractivity contribution < 1.29 is 58.9 Å². The molecular weight excluding hydrogens is 615 g/mol. The monoisotopic (exact) mass is 658 g/mol. The molecule has 41 heavy (non-hydrogen) atoms. The Balaban J connectivity index is 0.00000400. The Morgan fingerprint density at radius 3 is 1.07 bits per heavy atom. The zero-order valence-corrected chi connectivity index (χ0v) is 30.0. The van der Waals surface area contributed by atoms with Crippen molar-refractivity contribution >= 4 is 28.8 Å². The van der Waals surface area contributed by atoms with Gasteiger partial charge in [0.1, 0.15) is 8.07 Å². The SMILES string of the molecule is CCCCc1ccc([Si](c2ccc(CCCC)cc2)(c2ccc(CCCC)cc2)[c-]2cccc2C)cc1.[Cl-].[Cl-].[Cl-].[Ti+4]. The summed E-state index contributed by atoms with van der Waals surface area (Å²) in [5, 5.41) is 6.00. The molecule has 0 fully saturated rings. The van der Waals surface area contributed by atoms with Crippen LogP contribution in [-0.2, 0) is 41.0 Å². The second kappa shape index (κ2) is 19.9. The molecule has 0 N–H and O–H groups in total. The second-order valence-electron chi connectivity index (χ2n) is 10.8. The van der Waals surface area contributed by atoms with Crippen LogP contribution in [-0.4, -0.2) is 8.07 Å². The molecule has 0 saturated heterocycles. The molecular formula is C36H45Cl3SiTi. The fourth-order valence-electron chi connectivity index (χ4n) is 5.80. The van der Waals surface area contributed by atoms with E-state index < -0.39 is 8.07 Å². The van der Waals surface area contributed by atoms with E-state index in [4.69, 9.17) is 0 Å². The first kappa shape index (κ1) is 39.8. The van der Waals surface area contributed by atoms with E-state index in [9.17, 15) is 0 Å². The molecule has 0 bridgehead atoms. The quantitative estimate of drug-likeness (QED) is 0.0898. The summed E-state index contributed by atoms with van der Waals surface area (Å²) in [5.74, 6) is 0. The summed E-state index contributed by atoms with van der Waals surface area (Å²) in [6.45, 7) is 9.13. The smallest absolute Gasteiger partial charge is 1.00 e. The first-order valence-electron chi connectivity index (χ1n) is 14.6. The van der Waals surface area contributed by atoms with Crippen LogP contribution in [0.3, 0.4) is 0 Å². The van der Waals surface area contributed by atoms with Gasteiger partial charge in [0.2, 0.25) is 0 Å². The van der Waals surface area contributed by atoms with E-state index in [0.717, 1.165) is 0 Å². The molecule has 4 aromatic carbocycles. The van der Waals surface area contributed by atoms with Crippen molar-refractivity contribution in [1.29, 1.82) is 0 Å². The van der Waals surface area contributed by atoms with Gasteiger partial charge in [-0.25, -0.2) is 12.1 Å². The molecule has 0 spiro atoms. The Hall–Kier alpha value is -1.19. The number of rotatable bonds is 13. The van der Waals surface area contributed by atoms with Gasteiger partial charge in [0.15, 0.2) is 0 Å². The summed E-state index contributed by atoms with van der Waals surface area (Å²) >= 11 is 0. The standard InChI is InChI=1S/C36H45Si.3ClH.Ti/c1-5-8-13-30-17-23-33(24-18-30)37(36-16-11-12-29(36)4,34-25-19-31(20-26-34)14-9-6-2)35-27-21-32(22-28-35)15-10-7-3;;;;/h11-12,16-28H,5-10,13-15H2,1-4H3;3*1H;/q-1;;;;+4/p-3. The molecule has 0 aromatic heterocycles. The topological polar surface area (TPSA) is 0 Å². The Labute approximate surface area is 284 Å². The van der Waals surface area contributed by atoms with Gasteiger partial charge in [-0.2, -0.15) is 11.6 Å². The Bertz CT molecular complexity index is 1110. The van der Waals surface area contributed by atoms with E-state index in [-0.39, 0.29) is 58.9 Å². The number of aryl methyl sites for hydroxylation is 4. The summed E-state index contributed by atoms with van der Waals surface area (Å²) in [5.41, 5.74) is 5.78. The van der Waals surface area contributed by atoms with E-state index in [2.05, 4.69) is 119 Å². The van der Waals surface area contributed by atoms with Crippen molar-refractivity contribution in [1.82, 2.24) is 0 Å². The van der Waals surface area contributed by atoms with Crippen LogP contribution in [0.5, 0.6) is 0 Å². The number of benzene rings is 3. The predicted molar refractivity (Wildman–Crippen MR) is 166 cm³/mol. The van der Waals surface area contributed by atoms with Crippen molar-refractivity contribution in [3.63, 3.8) is 0 Å². The molecule has 0 nitrogen and oxygen atoms in total. The third kappa shape index (κ3) is 9.40. The van der Waals surface area contributed by atoms with Crippen LogP contribution in [0.4, 0.5) is 0 Å². The molecule has 0 radical (unpaired) electrons. The third-order valence-corrected chi connectivity index (χ3v) is 13.0. The first-order valence-corrected chi connectivity index (χ1v) is 16.6. The second-order valence-corrected chi connectivity index (χ2v) is 14.5. The molecule has 4 aromatic rings. The molecule has 5 heteroatoms. The average molecular weight is 660 g/mol. The fraction of sp³-hybridized carbons (Fsp3) is 0.361. The zero-order chi connectivity index (χ0) is 26.1. The Morgan fingerprint density at radius 1 is 0.512 bits per heavy atom. The van der Waals surface area contributed by atoms with Gasteiger partial charge in [-0.3, -0.25) is 0 Å². The van der Waals surface area contributed by atoms with Crippen LogP contribution < -0.4 is 58.0 Å². The van der Waals surface area contributed by atoms with Crippen molar-refractivity contribution in [2.45, 2.75) is 85.5 Å². The maximum Gasteiger partial charge on any atom is 4.00 e. The summed E-state index contributed by atoms with van der Waals surface area (Å²) in [7, 11) is -2.45. The van der Waals surface area contributed by atoms with E-state index in [1.807, 2.05) is 0 Å². The third-order valence-electron chi connectivity index (χ3n) is 8.06. The Morgan fingerprint density at radius 2 is 0.829 bits per heavy atom. The van der Waals surface area contributed by atoms with Crippen molar-refractivity contribution in [2.75, 3.05) is 0 Å². The molecule has 0 atom stereocenters. The van der Waals surface area contributed by atoms with Crippen LogP contribution in [0.25, 0.3) is 0 Å². The Kier molecular flexibility index (Phi) is 19.3. The van der Waals surface area contributed by atoms with Crippen LogP contribution in [0.2, 0.25) is 0 Å². The minimum absolute atomic E-state index is 0. The summed E-state index contributed by atoms with van der Waals surface area (Å²) in [4.78, 5) is 0. The van der Waals surface area contributed by atoms with E-state index >= 15 is 0 Å². The van der Waals surface area contributed by atoms with Crippen molar-refractivity contribution in [3.8, 4) is 0 Å². The number of halogens is 3. The molecule has 0 aliphatic heterocycles. The zero-order valence-electron chi connectivity index (χ0n) is 25.2. The van der Waals surface area contributed by atoms with Gasteiger partial charge in [0.05, 0.1) is 0 Å². The van der Waals surface area contributed by atoms with E-state index in [0.29, 0.717) is 0 Å². The molecule has 4 rings (SSSR count). The van der Waals surface area contributed by atoms with Crippen LogP contribution in [0.1, 0.15) is 81.5 Å². The fourth-order valence-corrected chi connectivity index (χ4v) is 10.8. The maximum atomic E-state index is 2.46. The van der Waals surface area contributed by atoms with E-state index in [1.165, 1.54) is 101 Å². The minimum atomic E-state index is -2.45. The van der Waals surface area contributed by atoms with Crippen molar-refractivity contribution in [2.24, 2.45) is 0 Å². The van der Waals surface area contributed by atoms with Crippen LogP contribution >= 0.6 is 0 Å². The molecule has 0 heterocycles. The molecule has 0 aliphatic rings. The number of hydrogen-bond acceptors (Lipinski definition) is 0. The van der Waals surface area contributed by atoms with Gasteiger partial charge >= 0.3 is 21.7 Å². The van der Waals surface area contributed by atoms with Crippen molar-refractivity contribution in [3.05, 3.63) is 113 Å². The van der Waals surface area contributed by atoms with E-state index in [1.54, 1.807) is 0 Å².